The van der Waals surface area contributed by atoms with Gasteiger partial charge >= 0.3 is 11.9 Å². The van der Waals surface area contributed by atoms with Gasteiger partial charge in [0.2, 0.25) is 0 Å². The summed E-state index contributed by atoms with van der Waals surface area (Å²) in [5.74, 6) is -0.445. The quantitative estimate of drug-likeness (QED) is 0.514. The van der Waals surface area contributed by atoms with E-state index in [1.807, 2.05) is 13.8 Å². The number of carbonyl (C=O) groups excluding carboxylic acids is 3. The number of carbonyl (C=O) groups is 3. The van der Waals surface area contributed by atoms with Gasteiger partial charge in [0.1, 0.15) is 10.8 Å². The first-order valence-corrected chi connectivity index (χ1v) is 12.2. The number of amides is 1. The zero-order valence-corrected chi connectivity index (χ0v) is 20.4. The van der Waals surface area contributed by atoms with Crippen molar-refractivity contribution in [2.24, 2.45) is 5.92 Å². The number of nitrogens with one attached hydrogen (secondary N) is 1. The fourth-order valence-corrected chi connectivity index (χ4v) is 4.82. The summed E-state index contributed by atoms with van der Waals surface area (Å²) in [4.78, 5) is 38.6. The van der Waals surface area contributed by atoms with E-state index in [0.29, 0.717) is 28.5 Å². The molecular weight excluding hydrogens is 442 g/mol. The monoisotopic (exact) mass is 473 g/mol. The van der Waals surface area contributed by atoms with Gasteiger partial charge in [-0.15, -0.1) is 11.3 Å². The molecule has 33 heavy (non-hydrogen) atoms. The minimum atomic E-state index is -0.756. The fraction of sp³-hybridized carbons (Fsp3) is 0.480. The Labute approximate surface area is 198 Å². The third-order valence-electron chi connectivity index (χ3n) is 5.20. The molecule has 0 bridgehead atoms. The van der Waals surface area contributed by atoms with Gasteiger partial charge in [-0.2, -0.15) is 0 Å². The van der Waals surface area contributed by atoms with Crippen LogP contribution in [0.4, 0.5) is 5.00 Å². The molecule has 1 aliphatic carbocycles. The van der Waals surface area contributed by atoms with E-state index in [1.54, 1.807) is 38.1 Å². The Morgan fingerprint density at radius 1 is 1.03 bits per heavy atom. The van der Waals surface area contributed by atoms with Crippen LogP contribution in [0.1, 0.15) is 71.7 Å². The van der Waals surface area contributed by atoms with E-state index < -0.39 is 18.0 Å². The number of ether oxygens (including phenoxy) is 3. The van der Waals surface area contributed by atoms with Crippen molar-refractivity contribution in [3.8, 4) is 5.75 Å². The molecular formula is C25H31NO6S. The van der Waals surface area contributed by atoms with Crippen LogP contribution < -0.4 is 10.1 Å². The zero-order valence-electron chi connectivity index (χ0n) is 19.6. The van der Waals surface area contributed by atoms with E-state index in [0.717, 1.165) is 36.1 Å². The van der Waals surface area contributed by atoms with Crippen LogP contribution in [0.25, 0.3) is 0 Å². The van der Waals surface area contributed by atoms with E-state index >= 15 is 0 Å². The van der Waals surface area contributed by atoms with Crippen molar-refractivity contribution in [3.63, 3.8) is 0 Å². The minimum Gasteiger partial charge on any atom is -0.479 e. The molecule has 1 aromatic carbocycles. The van der Waals surface area contributed by atoms with Crippen LogP contribution in [0.2, 0.25) is 0 Å². The normalized spacial score (nSPS) is 13.7. The molecule has 0 fully saturated rings. The lowest BCUT2D eigenvalue weighted by Crippen LogP contribution is -2.27. The molecule has 0 spiro atoms. The molecule has 1 aliphatic rings. The predicted molar refractivity (Wildman–Crippen MR) is 127 cm³/mol. The van der Waals surface area contributed by atoms with Crippen LogP contribution in [-0.2, 0) is 27.1 Å². The van der Waals surface area contributed by atoms with Crippen LogP contribution in [0, 0.1) is 5.92 Å². The van der Waals surface area contributed by atoms with E-state index in [2.05, 4.69) is 5.32 Å². The van der Waals surface area contributed by atoms with Gasteiger partial charge in [0.15, 0.2) is 6.10 Å². The second kappa shape index (κ2) is 11.3. The van der Waals surface area contributed by atoms with Crippen molar-refractivity contribution in [3.05, 3.63) is 45.8 Å². The molecule has 1 N–H and O–H groups in total. The number of rotatable bonds is 9. The van der Waals surface area contributed by atoms with Crippen molar-refractivity contribution in [2.45, 2.75) is 59.5 Å². The Bertz CT molecular complexity index is 995. The van der Waals surface area contributed by atoms with E-state index in [1.165, 1.54) is 11.3 Å². The maximum atomic E-state index is 12.9. The van der Waals surface area contributed by atoms with E-state index in [9.17, 15) is 14.4 Å². The molecule has 3 rings (SSSR count). The summed E-state index contributed by atoms with van der Waals surface area (Å²) in [5, 5.41) is 3.43. The van der Waals surface area contributed by atoms with Crippen molar-refractivity contribution in [1.82, 2.24) is 0 Å². The number of fused-ring (bicyclic) bond motifs is 1. The zero-order chi connectivity index (χ0) is 24.0. The SMILES string of the molecule is CCOC(=O)c1c(NC(=O)c2ccc(OC(C)C(=O)OCC(C)C)cc2)sc2c1CCCC2. The summed E-state index contributed by atoms with van der Waals surface area (Å²) in [6.45, 7) is 7.93. The molecule has 8 heteroatoms. The summed E-state index contributed by atoms with van der Waals surface area (Å²) in [6.07, 6.45) is 3.07. The van der Waals surface area contributed by atoms with Crippen LogP contribution in [0.15, 0.2) is 24.3 Å². The summed E-state index contributed by atoms with van der Waals surface area (Å²) in [6, 6.07) is 6.50. The first-order valence-electron chi connectivity index (χ1n) is 11.4. The largest absolute Gasteiger partial charge is 0.479 e. The number of esters is 2. The minimum absolute atomic E-state index is 0.247. The molecule has 0 aliphatic heterocycles. The highest BCUT2D eigenvalue weighted by molar-refractivity contribution is 7.17. The molecule has 0 radical (unpaired) electrons. The Balaban J connectivity index is 1.68. The highest BCUT2D eigenvalue weighted by Gasteiger charge is 2.27. The summed E-state index contributed by atoms with van der Waals surface area (Å²) < 4.78 is 16.1. The van der Waals surface area contributed by atoms with Gasteiger partial charge in [-0.25, -0.2) is 9.59 Å². The van der Waals surface area contributed by atoms with Gasteiger partial charge < -0.3 is 19.5 Å². The standard InChI is InChI=1S/C25H31NO6S/c1-5-30-25(29)21-19-8-6-7-9-20(19)33-23(21)26-22(27)17-10-12-18(13-11-17)32-16(4)24(28)31-14-15(2)3/h10-13,15-16H,5-9,14H2,1-4H3,(H,26,27). The Kier molecular flexibility index (Phi) is 8.49. The number of aryl methyl sites for hydroxylation is 1. The third kappa shape index (κ3) is 6.35. The first-order chi connectivity index (χ1) is 15.8. The van der Waals surface area contributed by atoms with Gasteiger partial charge in [0.05, 0.1) is 18.8 Å². The predicted octanol–water partition coefficient (Wildman–Crippen LogP) is 5.02. The lowest BCUT2D eigenvalue weighted by Gasteiger charge is -2.15. The average molecular weight is 474 g/mol. The van der Waals surface area contributed by atoms with Gasteiger partial charge in [-0.1, -0.05) is 13.8 Å². The van der Waals surface area contributed by atoms with Gasteiger partial charge in [-0.05, 0) is 75.3 Å². The maximum absolute atomic E-state index is 12.9. The molecule has 1 amide bonds. The average Bonchev–Trinajstić information content (AvgIpc) is 3.15. The molecule has 2 aromatic rings. The van der Waals surface area contributed by atoms with Crippen molar-refractivity contribution < 1.29 is 28.6 Å². The van der Waals surface area contributed by atoms with Gasteiger partial charge in [0.25, 0.3) is 5.91 Å². The smallest absolute Gasteiger partial charge is 0.347 e. The molecule has 0 saturated carbocycles. The fourth-order valence-electron chi connectivity index (χ4n) is 3.55. The van der Waals surface area contributed by atoms with Crippen LogP contribution >= 0.6 is 11.3 Å². The summed E-state index contributed by atoms with van der Waals surface area (Å²) in [7, 11) is 0. The maximum Gasteiger partial charge on any atom is 0.347 e. The highest BCUT2D eigenvalue weighted by Crippen LogP contribution is 2.38. The number of anilines is 1. The molecule has 1 unspecified atom stereocenters. The number of hydrogen-bond donors (Lipinski definition) is 1. The van der Waals surface area contributed by atoms with Gasteiger partial charge in [0, 0.05) is 10.4 Å². The lowest BCUT2D eigenvalue weighted by atomic mass is 9.95. The Hall–Kier alpha value is -2.87. The molecule has 1 heterocycles. The second-order valence-electron chi connectivity index (χ2n) is 8.40. The first kappa shape index (κ1) is 24.8. The van der Waals surface area contributed by atoms with E-state index in [4.69, 9.17) is 14.2 Å². The summed E-state index contributed by atoms with van der Waals surface area (Å²) >= 11 is 1.45. The molecule has 7 nitrogen and oxygen atoms in total. The second-order valence-corrected chi connectivity index (χ2v) is 9.50. The summed E-state index contributed by atoms with van der Waals surface area (Å²) in [5.41, 5.74) is 1.90. The van der Waals surface area contributed by atoms with Crippen molar-refractivity contribution >= 4 is 34.2 Å². The number of hydrogen-bond acceptors (Lipinski definition) is 7. The van der Waals surface area contributed by atoms with Gasteiger partial charge in [-0.3, -0.25) is 4.79 Å². The number of thiophene rings is 1. The molecule has 1 atom stereocenters. The van der Waals surface area contributed by atoms with Crippen molar-refractivity contribution in [2.75, 3.05) is 18.5 Å². The Morgan fingerprint density at radius 3 is 2.39 bits per heavy atom. The van der Waals surface area contributed by atoms with Crippen molar-refractivity contribution in [1.29, 1.82) is 0 Å². The number of benzene rings is 1. The Morgan fingerprint density at radius 2 is 1.73 bits per heavy atom. The molecule has 1 aromatic heterocycles. The van der Waals surface area contributed by atoms with Crippen LogP contribution in [0.3, 0.4) is 0 Å². The topological polar surface area (TPSA) is 90.9 Å². The van der Waals surface area contributed by atoms with E-state index in [-0.39, 0.29) is 18.4 Å². The highest BCUT2D eigenvalue weighted by atomic mass is 32.1. The lowest BCUT2D eigenvalue weighted by molar-refractivity contribution is -0.152. The molecule has 0 saturated heterocycles. The molecule has 178 valence electrons. The van der Waals surface area contributed by atoms with Crippen LogP contribution in [0.5, 0.6) is 5.75 Å². The van der Waals surface area contributed by atoms with Crippen LogP contribution in [-0.4, -0.2) is 37.2 Å². The third-order valence-corrected chi connectivity index (χ3v) is 6.41.